The Kier molecular flexibility index (Phi) is 4.46. The second kappa shape index (κ2) is 6.33. The van der Waals surface area contributed by atoms with Gasteiger partial charge in [0, 0.05) is 30.2 Å². The van der Waals surface area contributed by atoms with Crippen molar-refractivity contribution >= 4 is 35.1 Å². The third kappa shape index (κ3) is 2.79. The molecule has 0 amide bonds. The number of hydrogen-bond acceptors (Lipinski definition) is 8. The van der Waals surface area contributed by atoms with Gasteiger partial charge in [0.1, 0.15) is 0 Å². The first-order valence-electron chi connectivity index (χ1n) is 6.82. The quantitative estimate of drug-likeness (QED) is 0.658. The number of amidine groups is 1. The van der Waals surface area contributed by atoms with Crippen LogP contribution in [0.3, 0.4) is 0 Å². The van der Waals surface area contributed by atoms with E-state index < -0.39 is 0 Å². The summed E-state index contributed by atoms with van der Waals surface area (Å²) in [4.78, 5) is 23.2. The summed E-state index contributed by atoms with van der Waals surface area (Å²) in [5.74, 6) is 0.560. The molecule has 0 bridgehead atoms. The fraction of sp³-hybridized carbons (Fsp3) is 0.615. The zero-order chi connectivity index (χ0) is 14.8. The minimum atomic E-state index is -0.188. The maximum Gasteiger partial charge on any atom is 0.312 e. The lowest BCUT2D eigenvalue weighted by Crippen LogP contribution is -2.48. The summed E-state index contributed by atoms with van der Waals surface area (Å²) in [5.41, 5.74) is 0. The van der Waals surface area contributed by atoms with Gasteiger partial charge in [-0.25, -0.2) is 4.98 Å². The first-order chi connectivity index (χ1) is 10.2. The Bertz CT molecular complexity index is 534. The zero-order valence-electron chi connectivity index (χ0n) is 12.0. The molecule has 1 aromatic rings. The number of methoxy groups -OCH3 is 1. The van der Waals surface area contributed by atoms with Crippen molar-refractivity contribution in [1.82, 2.24) is 14.6 Å². The van der Waals surface area contributed by atoms with Crippen LogP contribution in [0.15, 0.2) is 16.6 Å². The van der Waals surface area contributed by atoms with Crippen LogP contribution in [0, 0.1) is 5.92 Å². The van der Waals surface area contributed by atoms with Gasteiger partial charge in [-0.2, -0.15) is 0 Å². The number of thiazole rings is 1. The van der Waals surface area contributed by atoms with E-state index in [2.05, 4.69) is 19.6 Å². The molecule has 114 valence electrons. The minimum absolute atomic E-state index is 0.137. The summed E-state index contributed by atoms with van der Waals surface area (Å²) in [5, 5.41) is 2.88. The Morgan fingerprint density at radius 1 is 1.62 bits per heavy atom. The second-order valence-electron chi connectivity index (χ2n) is 5.11. The van der Waals surface area contributed by atoms with Gasteiger partial charge in [0.15, 0.2) is 10.8 Å². The van der Waals surface area contributed by atoms with Gasteiger partial charge < -0.3 is 9.64 Å². The smallest absolute Gasteiger partial charge is 0.312 e. The number of fused-ring (bicyclic) bond motifs is 1. The van der Waals surface area contributed by atoms with Crippen molar-refractivity contribution in [1.29, 1.82) is 0 Å². The van der Waals surface area contributed by atoms with Gasteiger partial charge in [-0.05, 0) is 12.7 Å². The highest BCUT2D eigenvalue weighted by atomic mass is 32.2. The van der Waals surface area contributed by atoms with Crippen molar-refractivity contribution in [3.05, 3.63) is 16.6 Å². The summed E-state index contributed by atoms with van der Waals surface area (Å²) in [6.07, 6.45) is 4.73. The predicted molar refractivity (Wildman–Crippen MR) is 84.6 cm³/mol. The average Bonchev–Trinajstić information content (AvgIpc) is 3.14. The summed E-state index contributed by atoms with van der Waals surface area (Å²) in [7, 11) is 1.44. The van der Waals surface area contributed by atoms with Crippen molar-refractivity contribution in [3.63, 3.8) is 0 Å². The molecule has 2 aliphatic rings. The topological polar surface area (TPSA) is 66.8 Å². The molecule has 0 radical (unpaired) electrons. The minimum Gasteiger partial charge on any atom is -0.469 e. The molecule has 21 heavy (non-hydrogen) atoms. The lowest BCUT2D eigenvalue weighted by atomic mass is 9.95. The van der Waals surface area contributed by atoms with Crippen molar-refractivity contribution in [2.75, 3.05) is 26.5 Å². The number of carbonyl (C=O) groups excluding carboxylic acids is 1. The first-order valence-corrected chi connectivity index (χ1v) is 8.92. The Morgan fingerprint density at radius 3 is 3.14 bits per heavy atom. The Balaban J connectivity index is 1.88. The number of nitrogens with zero attached hydrogens (tertiary/aromatic N) is 3. The molecule has 6 nitrogen and oxygen atoms in total. The van der Waals surface area contributed by atoms with Gasteiger partial charge >= 0.3 is 5.97 Å². The molecule has 1 saturated heterocycles. The van der Waals surface area contributed by atoms with E-state index in [0.29, 0.717) is 12.6 Å². The molecule has 3 rings (SSSR count). The van der Waals surface area contributed by atoms with Crippen molar-refractivity contribution in [2.45, 2.75) is 18.5 Å². The van der Waals surface area contributed by atoms with E-state index in [-0.39, 0.29) is 17.9 Å². The van der Waals surface area contributed by atoms with Crippen LogP contribution in [0.1, 0.15) is 11.4 Å². The Hall–Kier alpha value is -1.12. The van der Waals surface area contributed by atoms with Crippen molar-refractivity contribution < 1.29 is 9.53 Å². The van der Waals surface area contributed by atoms with E-state index >= 15 is 0 Å². The number of hydrogen-bond donors (Lipinski definition) is 1. The van der Waals surface area contributed by atoms with E-state index in [1.807, 2.05) is 11.6 Å². The SMILES string of the molecule is COC(=O)C1CN=C(c2nccs2)N2CC(NSC)CC12. The molecule has 0 aromatic carbocycles. The number of nitrogens with one attached hydrogen (secondary N) is 1. The van der Waals surface area contributed by atoms with Crippen LogP contribution < -0.4 is 4.72 Å². The Morgan fingerprint density at radius 2 is 2.48 bits per heavy atom. The molecule has 1 fully saturated rings. The van der Waals surface area contributed by atoms with Crippen molar-refractivity contribution in [2.24, 2.45) is 10.9 Å². The molecule has 0 spiro atoms. The third-order valence-corrected chi connectivity index (χ3v) is 5.27. The molecule has 3 heterocycles. The first kappa shape index (κ1) is 14.8. The van der Waals surface area contributed by atoms with Crippen molar-refractivity contribution in [3.8, 4) is 0 Å². The molecule has 2 aliphatic heterocycles. The number of aromatic nitrogens is 1. The Labute approximate surface area is 132 Å². The van der Waals surface area contributed by atoms with Crippen LogP contribution in [0.25, 0.3) is 0 Å². The van der Waals surface area contributed by atoms with Crippen LogP contribution in [0.5, 0.6) is 0 Å². The third-order valence-electron chi connectivity index (χ3n) is 3.93. The van der Waals surface area contributed by atoms with Gasteiger partial charge in [0.05, 0.1) is 19.6 Å². The fourth-order valence-corrected chi connectivity index (χ4v) is 4.21. The van der Waals surface area contributed by atoms with Crippen LogP contribution >= 0.6 is 23.3 Å². The highest BCUT2D eigenvalue weighted by Gasteiger charge is 2.45. The zero-order valence-corrected chi connectivity index (χ0v) is 13.6. The molecule has 1 N–H and O–H groups in total. The molecule has 0 saturated carbocycles. The summed E-state index contributed by atoms with van der Waals surface area (Å²) in [6.45, 7) is 1.33. The second-order valence-corrected chi connectivity index (χ2v) is 6.64. The van der Waals surface area contributed by atoms with Gasteiger partial charge in [-0.1, -0.05) is 11.9 Å². The maximum atomic E-state index is 12.0. The van der Waals surface area contributed by atoms with Gasteiger partial charge in [0.25, 0.3) is 0 Å². The van der Waals surface area contributed by atoms with Crippen LogP contribution in [-0.2, 0) is 9.53 Å². The predicted octanol–water partition coefficient (Wildman–Crippen LogP) is 1.00. The molecular formula is C13H18N4O2S2. The number of esters is 1. The van der Waals surface area contributed by atoms with E-state index in [9.17, 15) is 4.79 Å². The lowest BCUT2D eigenvalue weighted by Gasteiger charge is -2.34. The summed E-state index contributed by atoms with van der Waals surface area (Å²) < 4.78 is 8.34. The number of carbonyl (C=O) groups is 1. The summed E-state index contributed by atoms with van der Waals surface area (Å²) >= 11 is 3.20. The maximum absolute atomic E-state index is 12.0. The van der Waals surface area contributed by atoms with E-state index in [1.165, 1.54) is 7.11 Å². The molecule has 0 aliphatic carbocycles. The molecular weight excluding hydrogens is 308 g/mol. The van der Waals surface area contributed by atoms with Crippen LogP contribution in [-0.4, -0.2) is 60.2 Å². The van der Waals surface area contributed by atoms with Gasteiger partial charge in [0.2, 0.25) is 0 Å². The van der Waals surface area contributed by atoms with Gasteiger partial charge in [-0.15, -0.1) is 11.3 Å². The standard InChI is InChI=1S/C13H18N4O2S2/c1-19-13(18)9-6-15-11(12-14-3-4-21-12)17-7-8(16-20-2)5-10(9)17/h3-4,8-10,16H,5-7H2,1-2H3. The summed E-state index contributed by atoms with van der Waals surface area (Å²) in [6, 6.07) is 0.485. The molecule has 3 unspecified atom stereocenters. The molecule has 8 heteroatoms. The fourth-order valence-electron chi connectivity index (χ4n) is 3.05. The lowest BCUT2D eigenvalue weighted by molar-refractivity contribution is -0.146. The van der Waals surface area contributed by atoms with E-state index in [4.69, 9.17) is 4.74 Å². The molecule has 1 aromatic heterocycles. The number of aliphatic imine (C=N–C) groups is 1. The van der Waals surface area contributed by atoms with E-state index in [1.54, 1.807) is 29.5 Å². The van der Waals surface area contributed by atoms with E-state index in [0.717, 1.165) is 23.8 Å². The number of rotatable bonds is 4. The van der Waals surface area contributed by atoms with Crippen LogP contribution in [0.2, 0.25) is 0 Å². The monoisotopic (exact) mass is 326 g/mol. The number of ether oxygens (including phenoxy) is 1. The molecule has 3 atom stereocenters. The highest BCUT2D eigenvalue weighted by molar-refractivity contribution is 7.96. The normalized spacial score (nSPS) is 28.2. The highest BCUT2D eigenvalue weighted by Crippen LogP contribution is 2.32. The van der Waals surface area contributed by atoms with Gasteiger partial charge in [-0.3, -0.25) is 14.5 Å². The average molecular weight is 326 g/mol. The largest absolute Gasteiger partial charge is 0.469 e. The van der Waals surface area contributed by atoms with Crippen LogP contribution in [0.4, 0.5) is 0 Å².